The van der Waals surface area contributed by atoms with Gasteiger partial charge in [-0.2, -0.15) is 4.98 Å². The summed E-state index contributed by atoms with van der Waals surface area (Å²) in [6.07, 6.45) is 2.88. The molecule has 1 unspecified atom stereocenters. The summed E-state index contributed by atoms with van der Waals surface area (Å²) in [6, 6.07) is 2.10. The zero-order valence-corrected chi connectivity index (χ0v) is 14.4. The van der Waals surface area contributed by atoms with Gasteiger partial charge in [-0.05, 0) is 26.2 Å². The van der Waals surface area contributed by atoms with Gasteiger partial charge in [-0.25, -0.2) is 4.68 Å². The monoisotopic (exact) mass is 351 g/mol. The molecule has 0 spiro atoms. The molecule has 0 bridgehead atoms. The predicted molar refractivity (Wildman–Crippen MR) is 85.1 cm³/mol. The topological polar surface area (TPSA) is 124 Å². The van der Waals surface area contributed by atoms with Gasteiger partial charge in [0.1, 0.15) is 11.5 Å². The zero-order valence-electron chi connectivity index (χ0n) is 14.4. The van der Waals surface area contributed by atoms with E-state index in [2.05, 4.69) is 15.2 Å². The highest BCUT2D eigenvalue weighted by Crippen LogP contribution is 2.31. The number of carboxylic acid groups (broad SMARTS) is 1. The van der Waals surface area contributed by atoms with E-state index in [-0.39, 0.29) is 24.2 Å². The largest absolute Gasteiger partial charge is 0.483 e. The number of aryl methyl sites for hydroxylation is 2. The molecule has 0 radical (unpaired) electrons. The number of methoxy groups -OCH3 is 1. The minimum Gasteiger partial charge on any atom is -0.483 e. The molecule has 1 amide bonds. The van der Waals surface area contributed by atoms with Crippen LogP contribution in [0.4, 0.5) is 0 Å². The molecule has 10 nitrogen and oxygen atoms in total. The molecule has 0 aliphatic carbocycles. The first-order chi connectivity index (χ1) is 12.0. The number of carbonyl (C=O) groups excluding carboxylic acids is 1. The van der Waals surface area contributed by atoms with Crippen LogP contribution >= 0.6 is 0 Å². The summed E-state index contributed by atoms with van der Waals surface area (Å²) in [7, 11) is 3.19. The third-order valence-electron chi connectivity index (χ3n) is 3.85. The van der Waals surface area contributed by atoms with Gasteiger partial charge in [-0.15, -0.1) is 5.10 Å². The smallest absolute Gasteiger partial charge is 0.314 e. The van der Waals surface area contributed by atoms with Crippen molar-refractivity contribution in [2.24, 2.45) is 7.05 Å². The number of hydrogen-bond acceptors (Lipinski definition) is 7. The second-order valence-corrected chi connectivity index (χ2v) is 5.52. The van der Waals surface area contributed by atoms with E-state index in [1.807, 2.05) is 13.0 Å². The van der Waals surface area contributed by atoms with E-state index < -0.39 is 0 Å². The van der Waals surface area contributed by atoms with Crippen LogP contribution < -0.4 is 4.74 Å². The first kappa shape index (κ1) is 18.4. The Kier molecular flexibility index (Phi) is 6.09. The van der Waals surface area contributed by atoms with E-state index in [0.29, 0.717) is 12.6 Å². The highest BCUT2D eigenvalue weighted by molar-refractivity contribution is 5.90. The van der Waals surface area contributed by atoms with Crippen molar-refractivity contribution in [2.45, 2.75) is 32.2 Å². The molecule has 136 valence electrons. The molecule has 1 aliphatic heterocycles. The summed E-state index contributed by atoms with van der Waals surface area (Å²) >= 11 is 0. The summed E-state index contributed by atoms with van der Waals surface area (Å²) in [5.74, 6) is 0.682. The third-order valence-corrected chi connectivity index (χ3v) is 3.85. The van der Waals surface area contributed by atoms with Crippen LogP contribution in [0.25, 0.3) is 0 Å². The number of nitrogens with zero attached hydrogens (tertiary/aromatic N) is 5. The quantitative estimate of drug-likeness (QED) is 0.818. The van der Waals surface area contributed by atoms with E-state index in [1.54, 1.807) is 11.9 Å². The van der Waals surface area contributed by atoms with Crippen molar-refractivity contribution in [3.8, 4) is 6.01 Å². The molecule has 2 aromatic heterocycles. The SMILES string of the molecule is COc1nc(C(=O)N2CCCCC2c2cc(C)on2)nn1C.O=CO. The van der Waals surface area contributed by atoms with Gasteiger partial charge in [-0.3, -0.25) is 9.59 Å². The van der Waals surface area contributed by atoms with Crippen LogP contribution in [0.3, 0.4) is 0 Å². The Morgan fingerprint density at radius 2 is 2.20 bits per heavy atom. The molecule has 2 aromatic rings. The third kappa shape index (κ3) is 4.14. The Morgan fingerprint density at radius 1 is 1.48 bits per heavy atom. The van der Waals surface area contributed by atoms with Gasteiger partial charge in [0.15, 0.2) is 0 Å². The van der Waals surface area contributed by atoms with E-state index in [0.717, 1.165) is 30.7 Å². The number of amides is 1. The maximum absolute atomic E-state index is 12.7. The Balaban J connectivity index is 0.000000701. The Labute approximate surface area is 144 Å². The van der Waals surface area contributed by atoms with Crippen molar-refractivity contribution in [2.75, 3.05) is 13.7 Å². The maximum Gasteiger partial charge on any atom is 0.314 e. The summed E-state index contributed by atoms with van der Waals surface area (Å²) in [5.41, 5.74) is 0.786. The fraction of sp³-hybridized carbons (Fsp3) is 0.533. The second kappa shape index (κ2) is 8.27. The number of piperidine rings is 1. The number of rotatable bonds is 3. The molecule has 3 rings (SSSR count). The number of likely N-dealkylation sites (tertiary alicyclic amines) is 1. The highest BCUT2D eigenvalue weighted by atomic mass is 16.5. The van der Waals surface area contributed by atoms with Crippen LogP contribution in [-0.4, -0.2) is 56.0 Å². The Hall–Kier alpha value is -2.91. The summed E-state index contributed by atoms with van der Waals surface area (Å²) in [4.78, 5) is 27.0. The number of hydrogen-bond donors (Lipinski definition) is 1. The summed E-state index contributed by atoms with van der Waals surface area (Å²) < 4.78 is 11.7. The molecule has 10 heteroatoms. The van der Waals surface area contributed by atoms with Gasteiger partial charge in [0.05, 0.1) is 13.2 Å². The van der Waals surface area contributed by atoms with Crippen LogP contribution in [0, 0.1) is 6.92 Å². The van der Waals surface area contributed by atoms with Crippen molar-refractivity contribution in [3.63, 3.8) is 0 Å². The Morgan fingerprint density at radius 3 is 2.76 bits per heavy atom. The number of aromatic nitrogens is 4. The fourth-order valence-corrected chi connectivity index (χ4v) is 2.79. The van der Waals surface area contributed by atoms with Crippen LogP contribution in [0.1, 0.15) is 47.4 Å². The molecule has 1 N–H and O–H groups in total. The zero-order chi connectivity index (χ0) is 18.4. The molecule has 0 saturated carbocycles. The van der Waals surface area contributed by atoms with Crippen LogP contribution in [0.15, 0.2) is 10.6 Å². The van der Waals surface area contributed by atoms with Gasteiger partial charge in [0.2, 0.25) is 5.82 Å². The predicted octanol–water partition coefficient (Wildman–Crippen LogP) is 1.19. The van der Waals surface area contributed by atoms with Crippen molar-refractivity contribution >= 4 is 12.4 Å². The molecule has 1 saturated heterocycles. The lowest BCUT2D eigenvalue weighted by Gasteiger charge is -2.33. The molecular weight excluding hydrogens is 330 g/mol. The molecule has 3 heterocycles. The fourth-order valence-electron chi connectivity index (χ4n) is 2.79. The standard InChI is InChI=1S/C14H19N5O3.CH2O2/c1-9-8-10(17-22-9)11-6-4-5-7-19(11)13(20)12-15-14(21-3)18(2)16-12;2-1-3/h8,11H,4-7H2,1-3H3;1H,(H,2,3). The van der Waals surface area contributed by atoms with Gasteiger partial charge >= 0.3 is 6.01 Å². The van der Waals surface area contributed by atoms with Crippen molar-refractivity contribution < 1.29 is 24.0 Å². The van der Waals surface area contributed by atoms with Crippen LogP contribution in [-0.2, 0) is 11.8 Å². The van der Waals surface area contributed by atoms with E-state index in [9.17, 15) is 4.79 Å². The normalized spacial score (nSPS) is 16.8. The lowest BCUT2D eigenvalue weighted by Crippen LogP contribution is -2.39. The lowest BCUT2D eigenvalue weighted by atomic mass is 9.99. The highest BCUT2D eigenvalue weighted by Gasteiger charge is 2.33. The van der Waals surface area contributed by atoms with Crippen molar-refractivity contribution in [1.29, 1.82) is 0 Å². The first-order valence-electron chi connectivity index (χ1n) is 7.78. The van der Waals surface area contributed by atoms with E-state index in [1.165, 1.54) is 11.8 Å². The van der Waals surface area contributed by atoms with E-state index >= 15 is 0 Å². The van der Waals surface area contributed by atoms with Gasteiger partial charge in [0.25, 0.3) is 12.4 Å². The summed E-state index contributed by atoms with van der Waals surface area (Å²) in [5, 5.41) is 15.1. The molecular formula is C15H21N5O5. The molecule has 1 atom stereocenters. The van der Waals surface area contributed by atoms with Gasteiger partial charge in [0, 0.05) is 19.7 Å². The average Bonchev–Trinajstić information content (AvgIpc) is 3.20. The lowest BCUT2D eigenvalue weighted by molar-refractivity contribution is -0.122. The number of carbonyl (C=O) groups is 2. The second-order valence-electron chi connectivity index (χ2n) is 5.52. The number of ether oxygens (including phenoxy) is 1. The molecule has 25 heavy (non-hydrogen) atoms. The minimum absolute atomic E-state index is 0.0894. The van der Waals surface area contributed by atoms with Gasteiger partial charge < -0.3 is 19.3 Å². The van der Waals surface area contributed by atoms with E-state index in [4.69, 9.17) is 19.2 Å². The van der Waals surface area contributed by atoms with Crippen LogP contribution in [0.2, 0.25) is 0 Å². The molecule has 0 aromatic carbocycles. The van der Waals surface area contributed by atoms with Crippen molar-refractivity contribution in [3.05, 3.63) is 23.3 Å². The summed E-state index contributed by atoms with van der Waals surface area (Å²) in [6.45, 7) is 2.26. The average molecular weight is 351 g/mol. The minimum atomic E-state index is -0.250. The maximum atomic E-state index is 12.7. The van der Waals surface area contributed by atoms with Gasteiger partial charge in [-0.1, -0.05) is 5.16 Å². The molecule has 1 aliphatic rings. The van der Waals surface area contributed by atoms with Crippen LogP contribution in [0.5, 0.6) is 6.01 Å². The molecule has 1 fully saturated rings. The Bertz CT molecular complexity index is 726. The van der Waals surface area contributed by atoms with Crippen molar-refractivity contribution in [1.82, 2.24) is 24.8 Å². The first-order valence-corrected chi connectivity index (χ1v) is 7.78.